The number of nitrogens with zero attached hydrogens (tertiary/aromatic N) is 3. The topological polar surface area (TPSA) is 30.7 Å². The molecule has 20 heavy (non-hydrogen) atoms. The third-order valence-corrected chi connectivity index (χ3v) is 3.96. The number of alkyl halides is 1. The van der Waals surface area contributed by atoms with E-state index < -0.39 is 0 Å². The third kappa shape index (κ3) is 2.17. The summed E-state index contributed by atoms with van der Waals surface area (Å²) in [5.41, 5.74) is 2.89. The van der Waals surface area contributed by atoms with Crippen LogP contribution >= 0.6 is 23.2 Å². The molecule has 0 amide bonds. The number of fused-ring (bicyclic) bond motifs is 1. The minimum atomic E-state index is 0.0981. The smallest absolute Gasteiger partial charge is 0.125 e. The fraction of sp³-hybridized carbons (Fsp3) is 0.200. The Hall–Kier alpha value is -1.58. The van der Waals surface area contributed by atoms with Gasteiger partial charge in [0.05, 0.1) is 22.5 Å². The number of hydrogen-bond acceptors (Lipinski definition) is 2. The summed E-state index contributed by atoms with van der Waals surface area (Å²) in [5.74, 6) is 1.15. The van der Waals surface area contributed by atoms with Crippen molar-refractivity contribution in [3.05, 3.63) is 59.1 Å². The van der Waals surface area contributed by atoms with Crippen LogP contribution in [-0.4, -0.2) is 14.5 Å². The highest BCUT2D eigenvalue weighted by molar-refractivity contribution is 6.35. The van der Waals surface area contributed by atoms with Gasteiger partial charge in [0.1, 0.15) is 11.3 Å². The maximum Gasteiger partial charge on any atom is 0.125 e. The first-order chi connectivity index (χ1) is 9.72. The first kappa shape index (κ1) is 13.4. The van der Waals surface area contributed by atoms with Crippen molar-refractivity contribution in [1.82, 2.24) is 14.5 Å². The van der Waals surface area contributed by atoms with E-state index in [9.17, 15) is 0 Å². The molecule has 102 valence electrons. The molecule has 3 aromatic rings. The molecule has 0 saturated carbocycles. The Morgan fingerprint density at radius 1 is 1.25 bits per heavy atom. The molecule has 1 unspecified atom stereocenters. The van der Waals surface area contributed by atoms with Gasteiger partial charge in [-0.15, -0.1) is 11.6 Å². The van der Waals surface area contributed by atoms with Crippen molar-refractivity contribution in [3.63, 3.8) is 0 Å². The average Bonchev–Trinajstić information content (AvgIpc) is 2.87. The lowest BCUT2D eigenvalue weighted by atomic mass is 10.1. The Morgan fingerprint density at radius 3 is 2.80 bits per heavy atom. The average molecular weight is 306 g/mol. The fourth-order valence-electron chi connectivity index (χ4n) is 2.43. The second kappa shape index (κ2) is 5.43. The van der Waals surface area contributed by atoms with Crippen molar-refractivity contribution >= 4 is 34.2 Å². The van der Waals surface area contributed by atoms with E-state index >= 15 is 0 Å². The number of para-hydroxylation sites is 1. The van der Waals surface area contributed by atoms with Crippen molar-refractivity contribution in [2.45, 2.75) is 18.8 Å². The molecule has 0 aliphatic heterocycles. The zero-order chi connectivity index (χ0) is 14.1. The number of halogens is 2. The number of pyridine rings is 1. The van der Waals surface area contributed by atoms with Gasteiger partial charge >= 0.3 is 0 Å². The highest BCUT2D eigenvalue weighted by Crippen LogP contribution is 2.29. The van der Waals surface area contributed by atoms with Crippen LogP contribution in [0.2, 0.25) is 5.02 Å². The molecule has 2 heterocycles. The lowest BCUT2D eigenvalue weighted by molar-refractivity contribution is 0.631. The van der Waals surface area contributed by atoms with Crippen LogP contribution in [0.3, 0.4) is 0 Å². The molecule has 2 aromatic heterocycles. The van der Waals surface area contributed by atoms with Gasteiger partial charge < -0.3 is 4.57 Å². The zero-order valence-corrected chi connectivity index (χ0v) is 12.4. The normalized spacial score (nSPS) is 12.8. The van der Waals surface area contributed by atoms with Crippen molar-refractivity contribution in [2.24, 2.45) is 0 Å². The van der Waals surface area contributed by atoms with Crippen LogP contribution in [0.25, 0.3) is 11.0 Å². The molecular weight excluding hydrogens is 293 g/mol. The maximum atomic E-state index is 6.22. The van der Waals surface area contributed by atoms with E-state index in [1.807, 2.05) is 36.5 Å². The predicted molar refractivity (Wildman–Crippen MR) is 82.4 cm³/mol. The number of aromatic nitrogens is 3. The van der Waals surface area contributed by atoms with Gasteiger partial charge in [-0.3, -0.25) is 4.98 Å². The van der Waals surface area contributed by atoms with Gasteiger partial charge in [0.25, 0.3) is 0 Å². The standard InChI is InChI=1S/C15H13Cl2N3/c1-10(11-4-3-7-18-9-11)20-13-6-2-5-12(17)15(13)19-14(20)8-16/h2-7,9-10H,8H2,1H3. The van der Waals surface area contributed by atoms with Crippen LogP contribution in [0.1, 0.15) is 24.4 Å². The van der Waals surface area contributed by atoms with Crippen molar-refractivity contribution in [2.75, 3.05) is 0 Å². The molecule has 3 nitrogen and oxygen atoms in total. The minimum absolute atomic E-state index is 0.0981. The Labute approximate surface area is 127 Å². The maximum absolute atomic E-state index is 6.22. The summed E-state index contributed by atoms with van der Waals surface area (Å²) in [6.45, 7) is 2.11. The Bertz CT molecular complexity index is 737. The number of rotatable bonds is 3. The van der Waals surface area contributed by atoms with E-state index in [0.29, 0.717) is 10.9 Å². The minimum Gasteiger partial charge on any atom is -0.320 e. The van der Waals surface area contributed by atoms with Gasteiger partial charge in [-0.25, -0.2) is 4.98 Å². The number of benzene rings is 1. The quantitative estimate of drug-likeness (QED) is 0.670. The van der Waals surface area contributed by atoms with Crippen LogP contribution in [0, 0.1) is 0 Å². The molecule has 0 fully saturated rings. The van der Waals surface area contributed by atoms with Crippen LogP contribution in [-0.2, 0) is 5.88 Å². The summed E-state index contributed by atoms with van der Waals surface area (Å²) >= 11 is 12.3. The van der Waals surface area contributed by atoms with E-state index in [-0.39, 0.29) is 6.04 Å². The zero-order valence-electron chi connectivity index (χ0n) is 10.9. The Balaban J connectivity index is 2.22. The monoisotopic (exact) mass is 305 g/mol. The molecule has 0 radical (unpaired) electrons. The van der Waals surface area contributed by atoms with E-state index in [1.54, 1.807) is 6.20 Å². The summed E-state index contributed by atoms with van der Waals surface area (Å²) in [7, 11) is 0. The molecule has 0 bridgehead atoms. The molecular formula is C15H13Cl2N3. The highest BCUT2D eigenvalue weighted by Gasteiger charge is 2.18. The largest absolute Gasteiger partial charge is 0.320 e. The summed E-state index contributed by atoms with van der Waals surface area (Å²) in [6, 6.07) is 9.85. The van der Waals surface area contributed by atoms with Gasteiger partial charge in [0, 0.05) is 12.4 Å². The van der Waals surface area contributed by atoms with Gasteiger partial charge in [-0.2, -0.15) is 0 Å². The van der Waals surface area contributed by atoms with Crippen molar-refractivity contribution in [3.8, 4) is 0 Å². The van der Waals surface area contributed by atoms with Crippen LogP contribution in [0.5, 0.6) is 0 Å². The van der Waals surface area contributed by atoms with Gasteiger partial charge in [0.2, 0.25) is 0 Å². The van der Waals surface area contributed by atoms with Crippen LogP contribution in [0.4, 0.5) is 0 Å². The SMILES string of the molecule is CC(c1cccnc1)n1c(CCl)nc2c(Cl)cccc21. The van der Waals surface area contributed by atoms with Crippen molar-refractivity contribution < 1.29 is 0 Å². The predicted octanol–water partition coefficient (Wildman–Crippen LogP) is 4.43. The van der Waals surface area contributed by atoms with Gasteiger partial charge in [-0.05, 0) is 30.7 Å². The second-order valence-corrected chi connectivity index (χ2v) is 5.28. The molecule has 0 N–H and O–H groups in total. The number of hydrogen-bond donors (Lipinski definition) is 0. The first-order valence-corrected chi connectivity index (χ1v) is 7.25. The molecule has 0 aliphatic carbocycles. The van der Waals surface area contributed by atoms with Crippen molar-refractivity contribution in [1.29, 1.82) is 0 Å². The first-order valence-electron chi connectivity index (χ1n) is 6.33. The summed E-state index contributed by atoms with van der Waals surface area (Å²) in [4.78, 5) is 8.73. The van der Waals surface area contributed by atoms with E-state index in [0.717, 1.165) is 22.4 Å². The summed E-state index contributed by atoms with van der Waals surface area (Å²) in [6.07, 6.45) is 3.63. The summed E-state index contributed by atoms with van der Waals surface area (Å²) < 4.78 is 2.12. The highest BCUT2D eigenvalue weighted by atomic mass is 35.5. The van der Waals surface area contributed by atoms with E-state index in [1.165, 1.54) is 0 Å². The molecule has 0 aliphatic rings. The summed E-state index contributed by atoms with van der Waals surface area (Å²) in [5, 5.41) is 0.644. The molecule has 0 spiro atoms. The van der Waals surface area contributed by atoms with E-state index in [4.69, 9.17) is 23.2 Å². The molecule has 1 atom stereocenters. The molecule has 3 rings (SSSR count). The Kier molecular flexibility index (Phi) is 3.64. The molecule has 5 heteroatoms. The molecule has 0 saturated heterocycles. The number of imidazole rings is 1. The van der Waals surface area contributed by atoms with E-state index in [2.05, 4.69) is 21.5 Å². The van der Waals surface area contributed by atoms with Gasteiger partial charge in [0.15, 0.2) is 0 Å². The van der Waals surface area contributed by atoms with Gasteiger partial charge in [-0.1, -0.05) is 23.7 Å². The van der Waals surface area contributed by atoms with Crippen LogP contribution in [0.15, 0.2) is 42.7 Å². The lowest BCUT2D eigenvalue weighted by Gasteiger charge is -2.17. The second-order valence-electron chi connectivity index (χ2n) is 4.60. The lowest BCUT2D eigenvalue weighted by Crippen LogP contribution is -2.10. The third-order valence-electron chi connectivity index (χ3n) is 3.42. The Morgan fingerprint density at radius 2 is 2.10 bits per heavy atom. The molecule has 1 aromatic carbocycles. The fourth-order valence-corrected chi connectivity index (χ4v) is 2.83. The van der Waals surface area contributed by atoms with Crippen LogP contribution < -0.4 is 0 Å².